The van der Waals surface area contributed by atoms with E-state index in [0.29, 0.717) is 17.8 Å². The lowest BCUT2D eigenvalue weighted by Crippen LogP contribution is -2.10. The summed E-state index contributed by atoms with van der Waals surface area (Å²) < 4.78 is 1.05. The van der Waals surface area contributed by atoms with E-state index in [0.717, 1.165) is 28.0 Å². The Labute approximate surface area is 167 Å². The van der Waals surface area contributed by atoms with Gasteiger partial charge in [-0.1, -0.05) is 70.9 Å². The summed E-state index contributed by atoms with van der Waals surface area (Å²) in [4.78, 5) is 9.58. The molecule has 0 aliphatic carbocycles. The molecule has 140 valence electrons. The Hall–Kier alpha value is -1.48. The van der Waals surface area contributed by atoms with Gasteiger partial charge in [-0.25, -0.2) is 0 Å². The molecule has 26 heavy (non-hydrogen) atoms. The van der Waals surface area contributed by atoms with Gasteiger partial charge in [0.25, 0.3) is 0 Å². The predicted octanol–water partition coefficient (Wildman–Crippen LogP) is 7.27. The van der Waals surface area contributed by atoms with Crippen molar-refractivity contribution in [3.63, 3.8) is 0 Å². The van der Waals surface area contributed by atoms with E-state index in [2.05, 4.69) is 93.2 Å². The van der Waals surface area contributed by atoms with Crippen molar-refractivity contribution in [3.8, 4) is 0 Å². The van der Waals surface area contributed by atoms with E-state index >= 15 is 0 Å². The molecule has 1 heterocycles. The van der Waals surface area contributed by atoms with Gasteiger partial charge < -0.3 is 0 Å². The maximum absolute atomic E-state index is 4.84. The number of hydrogen-bond donors (Lipinski definition) is 0. The fraction of sp³-hybridized carbons (Fsp3) is 0.478. The zero-order chi connectivity index (χ0) is 19.1. The number of hydrogen-bond acceptors (Lipinski definition) is 2. The third-order valence-electron chi connectivity index (χ3n) is 5.32. The molecule has 0 radical (unpaired) electrons. The molecule has 1 aromatic heterocycles. The summed E-state index contributed by atoms with van der Waals surface area (Å²) in [6, 6.07) is 12.7. The lowest BCUT2D eigenvalue weighted by molar-refractivity contribution is 0.420. The van der Waals surface area contributed by atoms with Crippen molar-refractivity contribution in [2.45, 2.75) is 59.8 Å². The molecule has 0 spiro atoms. The molecule has 0 saturated heterocycles. The normalized spacial score (nSPS) is 14.1. The summed E-state index contributed by atoms with van der Waals surface area (Å²) >= 11 is 3.71. The van der Waals surface area contributed by atoms with Crippen molar-refractivity contribution in [1.82, 2.24) is 4.98 Å². The van der Waals surface area contributed by atoms with Gasteiger partial charge in [-0.2, -0.15) is 0 Å². The second kappa shape index (κ2) is 10.0. The highest BCUT2D eigenvalue weighted by molar-refractivity contribution is 9.10. The van der Waals surface area contributed by atoms with Crippen LogP contribution in [-0.2, 0) is 6.42 Å². The van der Waals surface area contributed by atoms with Crippen LogP contribution >= 0.6 is 15.9 Å². The van der Waals surface area contributed by atoms with Gasteiger partial charge in [-0.15, -0.1) is 0 Å². The zero-order valence-electron chi connectivity index (χ0n) is 16.7. The Kier molecular flexibility index (Phi) is 8.02. The fourth-order valence-corrected chi connectivity index (χ4v) is 3.90. The van der Waals surface area contributed by atoms with Crippen LogP contribution < -0.4 is 0 Å². The summed E-state index contributed by atoms with van der Waals surface area (Å²) in [5.74, 6) is 1.62. The van der Waals surface area contributed by atoms with Crippen molar-refractivity contribution in [1.29, 1.82) is 0 Å². The number of aryl methyl sites for hydroxylation is 1. The van der Waals surface area contributed by atoms with Crippen molar-refractivity contribution >= 4 is 27.8 Å². The molecule has 0 saturated carbocycles. The topological polar surface area (TPSA) is 25.2 Å². The maximum Gasteiger partial charge on any atom is 0.0849 e. The Morgan fingerprint density at radius 1 is 1.12 bits per heavy atom. The maximum atomic E-state index is 4.84. The molecule has 3 heteroatoms. The first-order chi connectivity index (χ1) is 12.5. The molecule has 0 bridgehead atoms. The summed E-state index contributed by atoms with van der Waals surface area (Å²) in [5, 5.41) is 0. The molecule has 2 unspecified atom stereocenters. The van der Waals surface area contributed by atoms with Crippen LogP contribution in [0.15, 0.2) is 45.9 Å². The van der Waals surface area contributed by atoms with Crippen LogP contribution in [0.5, 0.6) is 0 Å². The molecule has 0 aliphatic heterocycles. The second-order valence-corrected chi connectivity index (χ2v) is 8.11. The summed E-state index contributed by atoms with van der Waals surface area (Å²) in [6.07, 6.45) is 5.40. The summed E-state index contributed by atoms with van der Waals surface area (Å²) in [7, 11) is 0. The van der Waals surface area contributed by atoms with Gasteiger partial charge in [-0.05, 0) is 58.7 Å². The minimum absolute atomic E-state index is 0.434. The first-order valence-electron chi connectivity index (χ1n) is 9.71. The number of benzene rings is 1. The number of rotatable bonds is 8. The van der Waals surface area contributed by atoms with Gasteiger partial charge in [0.05, 0.1) is 17.1 Å². The van der Waals surface area contributed by atoms with Gasteiger partial charge in [0.15, 0.2) is 0 Å². The number of nitrogens with zero attached hydrogens (tertiary/aromatic N) is 2. The van der Waals surface area contributed by atoms with Crippen LogP contribution in [0.1, 0.15) is 63.4 Å². The molecule has 0 aliphatic rings. The van der Waals surface area contributed by atoms with Gasteiger partial charge in [-0.3, -0.25) is 9.98 Å². The monoisotopic (exact) mass is 414 g/mol. The molecule has 0 fully saturated rings. The third kappa shape index (κ3) is 5.51. The third-order valence-corrected chi connectivity index (χ3v) is 6.01. The van der Waals surface area contributed by atoms with E-state index in [1.54, 1.807) is 0 Å². The molecule has 2 nitrogen and oxygen atoms in total. The molecule has 2 aromatic rings. The van der Waals surface area contributed by atoms with E-state index in [1.165, 1.54) is 18.4 Å². The van der Waals surface area contributed by atoms with E-state index in [1.807, 2.05) is 0 Å². The molecule has 2 atom stereocenters. The van der Waals surface area contributed by atoms with E-state index < -0.39 is 0 Å². The first kappa shape index (κ1) is 20.8. The number of aromatic nitrogens is 1. The highest BCUT2D eigenvalue weighted by Crippen LogP contribution is 2.29. The van der Waals surface area contributed by atoms with Crippen LogP contribution in [0.2, 0.25) is 0 Å². The van der Waals surface area contributed by atoms with Crippen molar-refractivity contribution < 1.29 is 0 Å². The molecular formula is C23H31BrN2. The Morgan fingerprint density at radius 3 is 2.38 bits per heavy atom. The van der Waals surface area contributed by atoms with Gasteiger partial charge >= 0.3 is 0 Å². The average molecular weight is 415 g/mol. The van der Waals surface area contributed by atoms with Crippen LogP contribution in [0.25, 0.3) is 0 Å². The van der Waals surface area contributed by atoms with Crippen molar-refractivity contribution in [3.05, 3.63) is 57.8 Å². The van der Waals surface area contributed by atoms with Gasteiger partial charge in [0, 0.05) is 10.7 Å². The van der Waals surface area contributed by atoms with Gasteiger partial charge in [0.1, 0.15) is 0 Å². The Bertz CT molecular complexity index is 720. The predicted molar refractivity (Wildman–Crippen MR) is 117 cm³/mol. The fourth-order valence-electron chi connectivity index (χ4n) is 3.44. The summed E-state index contributed by atoms with van der Waals surface area (Å²) in [6.45, 7) is 11.1. The van der Waals surface area contributed by atoms with E-state index in [9.17, 15) is 0 Å². The largest absolute Gasteiger partial charge is 0.259 e. The number of pyridine rings is 1. The first-order valence-corrected chi connectivity index (χ1v) is 10.5. The molecular weight excluding hydrogens is 384 g/mol. The lowest BCUT2D eigenvalue weighted by Gasteiger charge is -2.17. The minimum atomic E-state index is 0.434. The summed E-state index contributed by atoms with van der Waals surface area (Å²) in [5.41, 5.74) is 4.41. The molecule has 0 amide bonds. The standard InChI is InChI=1S/C23H31BrN2/c1-6-19(7-2)17(4)15-25-22-14-21(24)23(26-18(22)5)13-16(3)20-11-9-8-10-12-20/h8-12,14-17,19H,6-7,13H2,1-5H3. The quantitative estimate of drug-likeness (QED) is 0.416. The zero-order valence-corrected chi connectivity index (χ0v) is 18.3. The molecule has 2 rings (SSSR count). The van der Waals surface area contributed by atoms with E-state index in [4.69, 9.17) is 9.98 Å². The average Bonchev–Trinajstić information content (AvgIpc) is 2.65. The highest BCUT2D eigenvalue weighted by atomic mass is 79.9. The highest BCUT2D eigenvalue weighted by Gasteiger charge is 2.14. The SMILES string of the molecule is CCC(CC)C(C)C=Nc1cc(Br)c(CC(C)c2ccccc2)nc1C. The minimum Gasteiger partial charge on any atom is -0.259 e. The number of aliphatic imine (C=N–C) groups is 1. The van der Waals surface area contributed by atoms with Gasteiger partial charge in [0.2, 0.25) is 0 Å². The van der Waals surface area contributed by atoms with E-state index in [-0.39, 0.29) is 0 Å². The second-order valence-electron chi connectivity index (χ2n) is 7.25. The van der Waals surface area contributed by atoms with Crippen LogP contribution in [-0.4, -0.2) is 11.2 Å². The van der Waals surface area contributed by atoms with Crippen molar-refractivity contribution in [2.24, 2.45) is 16.8 Å². The molecule has 1 aromatic carbocycles. The molecule has 0 N–H and O–H groups in total. The Balaban J connectivity index is 2.15. The smallest absolute Gasteiger partial charge is 0.0849 e. The lowest BCUT2D eigenvalue weighted by atomic mass is 9.90. The van der Waals surface area contributed by atoms with Crippen molar-refractivity contribution in [2.75, 3.05) is 0 Å². The van der Waals surface area contributed by atoms with Crippen LogP contribution in [0, 0.1) is 18.8 Å². The number of halogens is 1. The van der Waals surface area contributed by atoms with Crippen LogP contribution in [0.4, 0.5) is 5.69 Å². The van der Waals surface area contributed by atoms with Crippen LogP contribution in [0.3, 0.4) is 0 Å². The Morgan fingerprint density at radius 2 is 1.77 bits per heavy atom.